The van der Waals surface area contributed by atoms with Gasteiger partial charge in [-0.05, 0) is 53.1 Å². The molecule has 11 nitrogen and oxygen atoms in total. The fraction of sp³-hybridized carbons (Fsp3) is 0.286. The highest BCUT2D eigenvalue weighted by molar-refractivity contribution is 6.32. The van der Waals surface area contributed by atoms with E-state index in [1.54, 1.807) is 66.7 Å². The zero-order valence-electron chi connectivity index (χ0n) is 26.2. The summed E-state index contributed by atoms with van der Waals surface area (Å²) in [5.74, 6) is 0.573. The summed E-state index contributed by atoms with van der Waals surface area (Å²) in [5.41, 5.74) is 14.7. The average Bonchev–Trinajstić information content (AvgIpc) is 3.09. The molecule has 0 spiro atoms. The van der Waals surface area contributed by atoms with Crippen molar-refractivity contribution in [2.45, 2.75) is 32.6 Å². The number of benzene rings is 4. The third kappa shape index (κ3) is 9.64. The number of rotatable bonds is 18. The Morgan fingerprint density at radius 2 is 1.65 bits per heavy atom. The van der Waals surface area contributed by atoms with Crippen molar-refractivity contribution < 1.29 is 33.6 Å². The molecule has 1 amide bonds. The van der Waals surface area contributed by atoms with E-state index in [0.29, 0.717) is 45.7 Å². The Morgan fingerprint density at radius 1 is 0.896 bits per heavy atom. The van der Waals surface area contributed by atoms with E-state index >= 15 is 4.39 Å². The van der Waals surface area contributed by atoms with Crippen LogP contribution in [0.3, 0.4) is 0 Å². The summed E-state index contributed by atoms with van der Waals surface area (Å²) >= 11 is 6.47. The monoisotopic (exact) mass is 680 g/mol. The van der Waals surface area contributed by atoms with Gasteiger partial charge in [-0.3, -0.25) is 4.79 Å². The predicted octanol–water partition coefficient (Wildman–Crippen LogP) is 5.72. The van der Waals surface area contributed by atoms with Crippen molar-refractivity contribution in [2.24, 2.45) is 10.9 Å². The van der Waals surface area contributed by atoms with Crippen LogP contribution in [0, 0.1) is 10.7 Å². The van der Waals surface area contributed by atoms with Gasteiger partial charge >= 0.3 is 0 Å². The van der Waals surface area contributed by atoms with Crippen molar-refractivity contribution in [1.29, 1.82) is 0 Å². The molecule has 0 saturated carbocycles. The van der Waals surface area contributed by atoms with Gasteiger partial charge in [0, 0.05) is 48.8 Å². The lowest BCUT2D eigenvalue weighted by Gasteiger charge is -2.20. The molecule has 0 fully saturated rings. The molecule has 0 heterocycles. The van der Waals surface area contributed by atoms with Crippen molar-refractivity contribution in [3.8, 4) is 28.4 Å². The van der Waals surface area contributed by atoms with E-state index in [2.05, 4.69) is 5.18 Å². The van der Waals surface area contributed by atoms with Crippen LogP contribution in [0.1, 0.15) is 29.5 Å². The molecule has 0 atom stereocenters. The van der Waals surface area contributed by atoms with Gasteiger partial charge in [0.05, 0.1) is 30.5 Å². The number of nitrogen functional groups attached to an aromatic ring is 1. The zero-order chi connectivity index (χ0) is 34.5. The summed E-state index contributed by atoms with van der Waals surface area (Å²) in [7, 11) is 0. The van der Waals surface area contributed by atoms with Gasteiger partial charge in [0.25, 0.3) is 0 Å². The zero-order valence-corrected chi connectivity index (χ0v) is 27.0. The first-order valence-corrected chi connectivity index (χ1v) is 15.7. The minimum absolute atomic E-state index is 0.120. The number of nitrogens with two attached hydrogens (primary N) is 2. The van der Waals surface area contributed by atoms with Gasteiger partial charge in [-0.2, -0.15) is 0 Å². The maximum Gasteiger partial charge on any atom is 0.222 e. The SMILES string of the molecule is NCc1cc(Cl)c(OCc2cccc(-c3cccc(OCCCC(=O)N(CCO)CCO)c3)c2F)cc1OCc1ccc(N=O)c(N)c1. The second-order valence-electron chi connectivity index (χ2n) is 10.7. The first-order chi connectivity index (χ1) is 23.3. The minimum Gasteiger partial charge on any atom is -0.494 e. The largest absolute Gasteiger partial charge is 0.494 e. The summed E-state index contributed by atoms with van der Waals surface area (Å²) < 4.78 is 33.5. The topological polar surface area (TPSA) is 170 Å². The van der Waals surface area contributed by atoms with Crippen LogP contribution in [-0.2, 0) is 24.6 Å². The van der Waals surface area contributed by atoms with Crippen LogP contribution in [0.2, 0.25) is 5.02 Å². The molecule has 0 radical (unpaired) electrons. The molecule has 0 aliphatic carbocycles. The third-order valence-corrected chi connectivity index (χ3v) is 7.72. The van der Waals surface area contributed by atoms with Crippen LogP contribution < -0.4 is 25.7 Å². The van der Waals surface area contributed by atoms with Gasteiger partial charge in [-0.15, -0.1) is 4.91 Å². The fourth-order valence-corrected chi connectivity index (χ4v) is 5.16. The Morgan fingerprint density at radius 3 is 2.35 bits per heavy atom. The number of hydrogen-bond donors (Lipinski definition) is 4. The molecule has 48 heavy (non-hydrogen) atoms. The van der Waals surface area contributed by atoms with Crippen molar-refractivity contribution in [2.75, 3.05) is 38.6 Å². The first-order valence-electron chi connectivity index (χ1n) is 15.3. The van der Waals surface area contributed by atoms with Crippen LogP contribution in [0.15, 0.2) is 78.0 Å². The summed E-state index contributed by atoms with van der Waals surface area (Å²) in [6.07, 6.45) is 0.631. The Balaban J connectivity index is 1.40. The highest BCUT2D eigenvalue weighted by Gasteiger charge is 2.16. The van der Waals surface area contributed by atoms with Crippen LogP contribution in [0.25, 0.3) is 11.1 Å². The molecular weight excluding hydrogens is 643 g/mol. The molecule has 0 aliphatic rings. The van der Waals surface area contributed by atoms with E-state index in [4.69, 9.17) is 47.5 Å². The standard InChI is InChI=1S/C35H38ClFN4O7/c36-29-18-26(20-38)32(47-21-23-9-10-31(40-45)30(39)16-23)19-33(29)48-22-25-5-2-7-28(35(25)37)24-4-1-6-27(17-24)46-15-3-8-34(44)41(11-13-42)12-14-43/h1-2,4-7,9-10,16-19,42-43H,3,8,11-15,20-22,38-39H2. The molecule has 0 aliphatic heterocycles. The van der Waals surface area contributed by atoms with E-state index in [1.807, 2.05) is 0 Å². The Labute approximate surface area is 282 Å². The molecule has 4 aromatic carbocycles. The Kier molecular flexibility index (Phi) is 13.5. The van der Waals surface area contributed by atoms with Crippen LogP contribution >= 0.6 is 11.6 Å². The lowest BCUT2D eigenvalue weighted by molar-refractivity contribution is -0.132. The molecule has 13 heteroatoms. The number of aliphatic hydroxyl groups is 2. The first kappa shape index (κ1) is 36.1. The molecule has 0 bridgehead atoms. The second kappa shape index (κ2) is 18.0. The summed E-state index contributed by atoms with van der Waals surface area (Å²) in [6, 6.07) is 20.0. The lowest BCUT2D eigenvalue weighted by atomic mass is 10.0. The van der Waals surface area contributed by atoms with Gasteiger partial charge in [0.2, 0.25) is 5.91 Å². The van der Waals surface area contributed by atoms with Crippen molar-refractivity contribution in [1.82, 2.24) is 4.90 Å². The van der Waals surface area contributed by atoms with Gasteiger partial charge in [0.15, 0.2) is 0 Å². The van der Waals surface area contributed by atoms with Crippen molar-refractivity contribution in [3.05, 3.63) is 105 Å². The Hall–Kier alpha value is -4.75. The smallest absolute Gasteiger partial charge is 0.222 e. The molecule has 0 saturated heterocycles. The van der Waals surface area contributed by atoms with Gasteiger partial charge < -0.3 is 40.8 Å². The number of halogens is 2. The minimum atomic E-state index is -0.467. The third-order valence-electron chi connectivity index (χ3n) is 7.42. The number of aliphatic hydroxyl groups excluding tert-OH is 2. The lowest BCUT2D eigenvalue weighted by Crippen LogP contribution is -2.35. The quantitative estimate of drug-likeness (QED) is 0.0583. The number of carbonyl (C=O) groups excluding carboxylic acids is 1. The van der Waals surface area contributed by atoms with Gasteiger partial charge in [-0.25, -0.2) is 4.39 Å². The molecule has 4 aromatic rings. The molecule has 4 rings (SSSR count). The van der Waals surface area contributed by atoms with Crippen LogP contribution in [0.4, 0.5) is 15.8 Å². The number of anilines is 1. The summed E-state index contributed by atoms with van der Waals surface area (Å²) in [5, 5.41) is 21.4. The van der Waals surface area contributed by atoms with E-state index in [1.165, 1.54) is 11.0 Å². The molecule has 0 aromatic heterocycles. The maximum absolute atomic E-state index is 15.8. The van der Waals surface area contributed by atoms with Gasteiger partial charge in [-0.1, -0.05) is 48.0 Å². The molecule has 254 valence electrons. The van der Waals surface area contributed by atoms with Crippen LogP contribution in [-0.4, -0.2) is 53.9 Å². The number of nitrogens with zero attached hydrogens (tertiary/aromatic N) is 2. The van der Waals surface area contributed by atoms with Crippen molar-refractivity contribution >= 4 is 28.9 Å². The molecular formula is C35H38ClFN4O7. The van der Waals surface area contributed by atoms with E-state index in [0.717, 1.165) is 0 Å². The highest BCUT2D eigenvalue weighted by atomic mass is 35.5. The second-order valence-corrected chi connectivity index (χ2v) is 11.2. The van der Waals surface area contributed by atoms with Gasteiger partial charge in [0.1, 0.15) is 42.0 Å². The normalized spacial score (nSPS) is 10.9. The highest BCUT2D eigenvalue weighted by Crippen LogP contribution is 2.35. The van der Waals surface area contributed by atoms with Crippen molar-refractivity contribution in [3.63, 3.8) is 0 Å². The fourth-order valence-electron chi connectivity index (χ4n) is 4.92. The number of hydrogen-bond acceptors (Lipinski definition) is 10. The van der Waals surface area contributed by atoms with Crippen LogP contribution in [0.5, 0.6) is 17.2 Å². The number of carbonyl (C=O) groups is 1. The average molecular weight is 681 g/mol. The number of amides is 1. The summed E-state index contributed by atoms with van der Waals surface area (Å²) in [4.78, 5) is 24.5. The number of nitroso groups, excluding NO2 is 1. The number of ether oxygens (including phenoxy) is 3. The molecule has 6 N–H and O–H groups in total. The Bertz CT molecular complexity index is 1700. The molecule has 0 unspecified atom stereocenters. The van der Waals surface area contributed by atoms with E-state index in [-0.39, 0.29) is 87.1 Å². The maximum atomic E-state index is 15.8. The summed E-state index contributed by atoms with van der Waals surface area (Å²) in [6.45, 7) is 0.379. The predicted molar refractivity (Wildman–Crippen MR) is 182 cm³/mol. The van der Waals surface area contributed by atoms with E-state index < -0.39 is 5.82 Å². The van der Waals surface area contributed by atoms with E-state index in [9.17, 15) is 9.70 Å².